The van der Waals surface area contributed by atoms with Gasteiger partial charge in [-0.25, -0.2) is 9.97 Å². The third kappa shape index (κ3) is 3.51. The average molecular weight is 430 g/mol. The van der Waals surface area contributed by atoms with Crippen LogP contribution in [0.25, 0.3) is 21.3 Å². The highest BCUT2D eigenvalue weighted by Crippen LogP contribution is 2.35. The molecule has 148 valence electrons. The summed E-state index contributed by atoms with van der Waals surface area (Å²) in [5, 5.41) is 2.31. The summed E-state index contributed by atoms with van der Waals surface area (Å²) in [4.78, 5) is 23.3. The number of aromatic nitrogens is 2. The monoisotopic (exact) mass is 429 g/mol. The zero-order valence-electron chi connectivity index (χ0n) is 16.2. The summed E-state index contributed by atoms with van der Waals surface area (Å²) in [7, 11) is 0. The maximum absolute atomic E-state index is 12.7. The molecule has 0 unspecified atom stereocenters. The van der Waals surface area contributed by atoms with Gasteiger partial charge in [0.15, 0.2) is 5.01 Å². The minimum absolute atomic E-state index is 0.0168. The summed E-state index contributed by atoms with van der Waals surface area (Å²) in [5.41, 5.74) is 7.21. The summed E-state index contributed by atoms with van der Waals surface area (Å²) in [6.45, 7) is 1.47. The lowest BCUT2D eigenvalue weighted by Crippen LogP contribution is -2.38. The molecule has 1 fully saturated rings. The number of fused-ring (bicyclic) bond motifs is 1. The molecule has 0 atom stereocenters. The van der Waals surface area contributed by atoms with Crippen molar-refractivity contribution in [2.75, 3.05) is 13.1 Å². The highest BCUT2D eigenvalue weighted by molar-refractivity contribution is 7.17. The molecule has 0 spiro atoms. The van der Waals surface area contributed by atoms with Gasteiger partial charge < -0.3 is 4.90 Å². The van der Waals surface area contributed by atoms with Crippen LogP contribution in [0.5, 0.6) is 0 Å². The molecule has 1 aliphatic rings. The molecule has 5 rings (SSSR count). The molecule has 0 aliphatic carbocycles. The van der Waals surface area contributed by atoms with Gasteiger partial charge in [-0.1, -0.05) is 36.4 Å². The Kier molecular flexibility index (Phi) is 5.07. The van der Waals surface area contributed by atoms with Crippen LogP contribution in [0.3, 0.4) is 0 Å². The van der Waals surface area contributed by atoms with Crippen molar-refractivity contribution in [2.24, 2.45) is 0 Å². The second-order valence-electron chi connectivity index (χ2n) is 7.38. The molecule has 0 bridgehead atoms. The fourth-order valence-corrected chi connectivity index (χ4v) is 5.51. The van der Waals surface area contributed by atoms with Crippen molar-refractivity contribution < 1.29 is 4.79 Å². The summed E-state index contributed by atoms with van der Waals surface area (Å²) < 4.78 is 1.23. The van der Waals surface area contributed by atoms with Crippen molar-refractivity contribution in [2.45, 2.75) is 18.8 Å². The maximum Gasteiger partial charge on any atom is 0.273 e. The lowest BCUT2D eigenvalue weighted by Gasteiger charge is -2.32. The van der Waals surface area contributed by atoms with Crippen molar-refractivity contribution in [3.63, 3.8) is 0 Å². The molecule has 0 radical (unpaired) electrons. The van der Waals surface area contributed by atoms with E-state index in [1.165, 1.54) is 32.7 Å². The van der Waals surface area contributed by atoms with E-state index in [0.29, 0.717) is 16.6 Å². The van der Waals surface area contributed by atoms with E-state index in [2.05, 4.69) is 58.4 Å². The minimum atomic E-state index is -0.0168. The van der Waals surface area contributed by atoms with Crippen LogP contribution in [-0.4, -0.2) is 33.9 Å². The largest absolute Gasteiger partial charge is 0.337 e. The standard InChI is InChI=1S/C24H19N3OS2/c1-2-22-26-21(14-29-22)24(28)27-11-9-16(10-12-27)17-5-3-6-18(13-17)19-7-4-8-20-23(19)30-15-25-20/h1,3-8,13-16H,9-12H2. The predicted molar refractivity (Wildman–Crippen MR) is 123 cm³/mol. The molecule has 1 aliphatic heterocycles. The Morgan fingerprint density at radius 1 is 1.13 bits per heavy atom. The van der Waals surface area contributed by atoms with Gasteiger partial charge in [0.25, 0.3) is 5.91 Å². The smallest absolute Gasteiger partial charge is 0.273 e. The number of carbonyl (C=O) groups is 1. The lowest BCUT2D eigenvalue weighted by molar-refractivity contribution is 0.0708. The van der Waals surface area contributed by atoms with Gasteiger partial charge in [-0.05, 0) is 41.9 Å². The second kappa shape index (κ2) is 8.02. The van der Waals surface area contributed by atoms with Gasteiger partial charge >= 0.3 is 0 Å². The summed E-state index contributed by atoms with van der Waals surface area (Å²) in [6, 6.07) is 15.1. The zero-order chi connectivity index (χ0) is 20.5. The highest BCUT2D eigenvalue weighted by atomic mass is 32.1. The molecule has 2 aromatic carbocycles. The number of hydrogen-bond acceptors (Lipinski definition) is 5. The van der Waals surface area contributed by atoms with Gasteiger partial charge in [0.05, 0.1) is 15.7 Å². The van der Waals surface area contributed by atoms with Crippen molar-refractivity contribution >= 4 is 38.8 Å². The van der Waals surface area contributed by atoms with E-state index in [4.69, 9.17) is 6.42 Å². The number of rotatable bonds is 3. The number of nitrogens with zero attached hydrogens (tertiary/aromatic N) is 3. The number of hydrogen-bond donors (Lipinski definition) is 0. The first-order valence-electron chi connectivity index (χ1n) is 9.87. The van der Waals surface area contributed by atoms with Crippen LogP contribution in [0.15, 0.2) is 53.4 Å². The number of piperidine rings is 1. The van der Waals surface area contributed by atoms with Crippen LogP contribution < -0.4 is 0 Å². The summed E-state index contributed by atoms with van der Waals surface area (Å²) >= 11 is 3.02. The van der Waals surface area contributed by atoms with Crippen LogP contribution in [0.1, 0.15) is 39.8 Å². The fraction of sp³-hybridized carbons (Fsp3) is 0.208. The first kappa shape index (κ1) is 19.0. The molecule has 4 aromatic rings. The van der Waals surface area contributed by atoms with Gasteiger partial charge in [0, 0.05) is 24.0 Å². The SMILES string of the molecule is C#Cc1nc(C(=O)N2CCC(c3cccc(-c4cccc5ncsc45)c3)CC2)cs1. The molecule has 1 saturated heterocycles. The first-order chi connectivity index (χ1) is 14.7. The van der Waals surface area contributed by atoms with Gasteiger partial charge in [-0.15, -0.1) is 29.1 Å². The molecule has 1 amide bonds. The molecule has 2 aromatic heterocycles. The molecule has 3 heterocycles. The molecule has 30 heavy (non-hydrogen) atoms. The first-order valence-corrected chi connectivity index (χ1v) is 11.6. The maximum atomic E-state index is 12.7. The van der Waals surface area contributed by atoms with E-state index in [0.717, 1.165) is 31.4 Å². The number of carbonyl (C=O) groups excluding carboxylic acids is 1. The number of amides is 1. The molecule has 0 N–H and O–H groups in total. The van der Waals surface area contributed by atoms with Gasteiger partial charge in [0.2, 0.25) is 0 Å². The summed E-state index contributed by atoms with van der Waals surface area (Å²) in [5.74, 6) is 2.93. The van der Waals surface area contributed by atoms with E-state index in [1.807, 2.05) is 10.4 Å². The second-order valence-corrected chi connectivity index (χ2v) is 9.09. The molecule has 6 heteroatoms. The highest BCUT2D eigenvalue weighted by Gasteiger charge is 2.26. The fourth-order valence-electron chi connectivity index (χ4n) is 4.09. The van der Waals surface area contributed by atoms with Crippen molar-refractivity contribution in [1.82, 2.24) is 14.9 Å². The Labute approximate surface area is 183 Å². The van der Waals surface area contributed by atoms with E-state index in [9.17, 15) is 4.79 Å². The van der Waals surface area contributed by atoms with Gasteiger partial charge in [0.1, 0.15) is 5.69 Å². The lowest BCUT2D eigenvalue weighted by atomic mass is 9.87. The normalized spacial score (nSPS) is 14.7. The third-order valence-electron chi connectivity index (χ3n) is 5.65. The Morgan fingerprint density at radius 3 is 2.77 bits per heavy atom. The number of thiazole rings is 2. The van der Waals surface area contributed by atoms with E-state index in [1.54, 1.807) is 16.7 Å². The van der Waals surface area contributed by atoms with E-state index in [-0.39, 0.29) is 5.91 Å². The average Bonchev–Trinajstić information content (AvgIpc) is 3.48. The number of likely N-dealkylation sites (tertiary alicyclic amines) is 1. The van der Waals surface area contributed by atoms with Crippen LogP contribution >= 0.6 is 22.7 Å². The van der Waals surface area contributed by atoms with E-state index >= 15 is 0 Å². The van der Waals surface area contributed by atoms with Crippen LogP contribution in [0, 0.1) is 12.3 Å². The molecular weight excluding hydrogens is 410 g/mol. The predicted octanol–water partition coefficient (Wildman–Crippen LogP) is 5.42. The number of benzene rings is 2. The van der Waals surface area contributed by atoms with Crippen LogP contribution in [0.4, 0.5) is 0 Å². The topological polar surface area (TPSA) is 46.1 Å². The third-order valence-corrected chi connectivity index (χ3v) is 7.30. The molecule has 4 nitrogen and oxygen atoms in total. The Hall–Kier alpha value is -3.01. The molecule has 0 saturated carbocycles. The molecular formula is C24H19N3OS2. The summed E-state index contributed by atoms with van der Waals surface area (Å²) in [6.07, 6.45) is 7.27. The minimum Gasteiger partial charge on any atom is -0.337 e. The van der Waals surface area contributed by atoms with Gasteiger partial charge in [-0.3, -0.25) is 4.79 Å². The van der Waals surface area contributed by atoms with Crippen molar-refractivity contribution in [3.8, 4) is 23.5 Å². The zero-order valence-corrected chi connectivity index (χ0v) is 17.9. The number of terminal acetylenes is 1. The van der Waals surface area contributed by atoms with E-state index < -0.39 is 0 Å². The Morgan fingerprint density at radius 2 is 1.97 bits per heavy atom. The Balaban J connectivity index is 1.32. The van der Waals surface area contributed by atoms with Crippen molar-refractivity contribution in [1.29, 1.82) is 0 Å². The van der Waals surface area contributed by atoms with Crippen LogP contribution in [-0.2, 0) is 0 Å². The van der Waals surface area contributed by atoms with Crippen LogP contribution in [0.2, 0.25) is 0 Å². The Bertz CT molecular complexity index is 1260. The quantitative estimate of drug-likeness (QED) is 0.409. The van der Waals surface area contributed by atoms with Crippen molar-refractivity contribution in [3.05, 3.63) is 69.6 Å². The van der Waals surface area contributed by atoms with Gasteiger partial charge in [-0.2, -0.15) is 0 Å².